The van der Waals surface area contributed by atoms with Gasteiger partial charge in [0.05, 0.1) is 33.9 Å². The number of carbonyl (C=O) groups excluding carboxylic acids is 2. The molecule has 0 heterocycles. The molecule has 0 amide bonds. The van der Waals surface area contributed by atoms with E-state index in [2.05, 4.69) is 13.8 Å². The van der Waals surface area contributed by atoms with E-state index < -0.39 is 30.0 Å². The highest BCUT2D eigenvalue weighted by Crippen LogP contribution is 2.45. The summed E-state index contributed by atoms with van der Waals surface area (Å²) in [5.74, 6) is -1.34. The molecular weight excluding hydrogens is 667 g/mol. The largest absolute Gasteiger partial charge is 0.326 e. The van der Waals surface area contributed by atoms with Crippen molar-refractivity contribution in [1.29, 1.82) is 0 Å². The number of hydrogen-bond donors (Lipinski definition) is 0. The Morgan fingerprint density at radius 2 is 0.891 bits per heavy atom. The van der Waals surface area contributed by atoms with Crippen molar-refractivity contribution in [3.8, 4) is 0 Å². The molecule has 46 heavy (non-hydrogen) atoms. The maximum atomic E-state index is 14.2. The van der Waals surface area contributed by atoms with Crippen molar-refractivity contribution < 1.29 is 26.4 Å². The predicted octanol–water partition coefficient (Wildman–Crippen LogP) is 8.39. The van der Waals surface area contributed by atoms with Crippen LogP contribution in [0.4, 0.5) is 22.7 Å². The zero-order chi connectivity index (χ0) is 33.2. The van der Waals surface area contributed by atoms with Gasteiger partial charge >= 0.3 is 18.5 Å². The molecule has 0 aliphatic heterocycles. The monoisotopic (exact) mass is 698 g/mol. The van der Waals surface area contributed by atoms with Crippen molar-refractivity contribution >= 4 is 74.2 Å². The number of carbonyl (C=O) groups is 2. The Bertz CT molecular complexity index is 1870. The van der Waals surface area contributed by atoms with Crippen LogP contribution < -0.4 is 8.61 Å². The number of hydrogen-bond acceptors (Lipinski definition) is 6. The first-order valence-corrected chi connectivity index (χ1v) is 19.4. The minimum Gasteiger partial charge on any atom is -0.288 e. The fraction of sp³-hybridized carbons (Fsp3) is 0.235. The third-order valence-corrected chi connectivity index (χ3v) is 10.4. The second-order valence-corrected chi connectivity index (χ2v) is 15.7. The van der Waals surface area contributed by atoms with E-state index in [1.165, 1.54) is 24.3 Å². The summed E-state index contributed by atoms with van der Waals surface area (Å²) in [4.78, 5) is 28.4. The summed E-state index contributed by atoms with van der Waals surface area (Å²) in [6, 6.07) is 22.0. The molecule has 0 fully saturated rings. The molecule has 8 nitrogen and oxygen atoms in total. The fourth-order valence-electron chi connectivity index (χ4n) is 5.65. The lowest BCUT2D eigenvalue weighted by Crippen LogP contribution is -2.31. The zero-order valence-corrected chi connectivity index (χ0v) is 28.4. The molecular formula is C34H32Cl2N2O6S2. The molecule has 4 aromatic carbocycles. The smallest absolute Gasteiger partial charge is 0.288 e. The Balaban J connectivity index is 1.77. The van der Waals surface area contributed by atoms with Crippen molar-refractivity contribution in [3.63, 3.8) is 0 Å². The summed E-state index contributed by atoms with van der Waals surface area (Å²) >= 11 is 0. The number of anilines is 4. The number of fused-ring (bicyclic) bond motifs is 2. The number of benzene rings is 4. The van der Waals surface area contributed by atoms with E-state index in [-0.39, 0.29) is 45.0 Å². The highest BCUT2D eigenvalue weighted by atomic mass is 35.7. The van der Waals surface area contributed by atoms with Crippen LogP contribution in [-0.2, 0) is 31.3 Å². The van der Waals surface area contributed by atoms with Gasteiger partial charge in [-0.15, -0.1) is 0 Å². The molecule has 1 aliphatic carbocycles. The van der Waals surface area contributed by atoms with Crippen LogP contribution in [0, 0.1) is 0 Å². The van der Waals surface area contributed by atoms with Crippen LogP contribution in [-0.4, -0.2) is 28.4 Å². The lowest BCUT2D eigenvalue weighted by molar-refractivity contribution is 0.0980. The molecule has 12 heteroatoms. The Labute approximate surface area is 278 Å². The van der Waals surface area contributed by atoms with Gasteiger partial charge in [0.25, 0.3) is 0 Å². The van der Waals surface area contributed by atoms with E-state index in [0.717, 1.165) is 58.3 Å². The number of ketones is 2. The van der Waals surface area contributed by atoms with Crippen LogP contribution in [0.5, 0.6) is 0 Å². The third kappa shape index (κ3) is 6.71. The average molecular weight is 700 g/mol. The molecule has 0 spiro atoms. The summed E-state index contributed by atoms with van der Waals surface area (Å²) in [6.45, 7) is 4.14. The molecule has 0 N–H and O–H groups in total. The van der Waals surface area contributed by atoms with Gasteiger partial charge in [0.15, 0.2) is 11.6 Å². The van der Waals surface area contributed by atoms with Gasteiger partial charge in [0.2, 0.25) is 0 Å². The van der Waals surface area contributed by atoms with Gasteiger partial charge in [-0.1, -0.05) is 75.2 Å². The van der Waals surface area contributed by atoms with Crippen LogP contribution in [0.15, 0.2) is 84.9 Å². The van der Waals surface area contributed by atoms with E-state index >= 15 is 0 Å². The molecule has 0 radical (unpaired) electrons. The van der Waals surface area contributed by atoms with E-state index in [9.17, 15) is 26.4 Å². The van der Waals surface area contributed by atoms with Crippen LogP contribution in [0.3, 0.4) is 0 Å². The summed E-state index contributed by atoms with van der Waals surface area (Å²) < 4.78 is 54.3. The summed E-state index contributed by atoms with van der Waals surface area (Å²) in [7, 11) is 2.84. The number of unbranched alkanes of at least 4 members (excludes halogenated alkanes) is 2. The van der Waals surface area contributed by atoms with Crippen LogP contribution in [0.1, 0.15) is 82.5 Å². The molecule has 1 aliphatic rings. The standard InChI is InChI=1S/C34H32Cl2N2O6S2/c1-3-5-9-23-13-17-25(18-14-23)37(45(35,41)42)29-21-22-30(32-31(29)33(39)27-11-7-8-12-28(27)34(32)40)38(46(36,43)44)26-19-15-24(16-20-26)10-6-4-2/h7-8,11-22H,3-6,9-10H2,1-2H3. The maximum absolute atomic E-state index is 14.2. The first-order chi connectivity index (χ1) is 21.9. The van der Waals surface area contributed by atoms with E-state index in [4.69, 9.17) is 21.4 Å². The van der Waals surface area contributed by atoms with E-state index in [1.807, 2.05) is 0 Å². The van der Waals surface area contributed by atoms with E-state index in [1.54, 1.807) is 60.7 Å². The number of halogens is 2. The molecule has 0 aromatic heterocycles. The maximum Gasteiger partial charge on any atom is 0.326 e. The van der Waals surface area contributed by atoms with Gasteiger partial charge in [-0.25, -0.2) is 8.61 Å². The first-order valence-electron chi connectivity index (χ1n) is 14.9. The lowest BCUT2D eigenvalue weighted by Gasteiger charge is -2.31. The average Bonchev–Trinajstić information content (AvgIpc) is 3.02. The predicted molar refractivity (Wildman–Crippen MR) is 184 cm³/mol. The Kier molecular flexibility index (Phi) is 9.93. The lowest BCUT2D eigenvalue weighted by atomic mass is 9.82. The summed E-state index contributed by atoms with van der Waals surface area (Å²) in [5.41, 5.74) is 1.28. The molecule has 0 unspecified atom stereocenters. The number of nitrogens with zero attached hydrogens (tertiary/aromatic N) is 2. The molecule has 0 saturated carbocycles. The molecule has 0 bridgehead atoms. The quantitative estimate of drug-likeness (QED) is 0.121. The Morgan fingerprint density at radius 1 is 0.543 bits per heavy atom. The van der Waals surface area contributed by atoms with Crippen molar-refractivity contribution in [1.82, 2.24) is 0 Å². The minimum atomic E-state index is -4.59. The zero-order valence-electron chi connectivity index (χ0n) is 25.2. The number of aryl methyl sites for hydroxylation is 2. The second-order valence-electron chi connectivity index (χ2n) is 11.0. The van der Waals surface area contributed by atoms with E-state index in [0.29, 0.717) is 0 Å². The topological polar surface area (TPSA) is 109 Å². The van der Waals surface area contributed by atoms with Crippen LogP contribution >= 0.6 is 21.4 Å². The Morgan fingerprint density at radius 3 is 1.20 bits per heavy atom. The summed E-state index contributed by atoms with van der Waals surface area (Å²) in [6.07, 6.45) is 5.45. The first kappa shape index (κ1) is 33.7. The number of rotatable bonds is 12. The highest BCUT2D eigenvalue weighted by molar-refractivity contribution is 8.15. The van der Waals surface area contributed by atoms with Crippen molar-refractivity contribution in [2.75, 3.05) is 8.61 Å². The van der Waals surface area contributed by atoms with Crippen molar-refractivity contribution in [3.05, 3.63) is 118 Å². The molecule has 0 atom stereocenters. The van der Waals surface area contributed by atoms with Crippen molar-refractivity contribution in [2.24, 2.45) is 0 Å². The van der Waals surface area contributed by atoms with Crippen molar-refractivity contribution in [2.45, 2.75) is 52.4 Å². The molecule has 240 valence electrons. The SMILES string of the molecule is CCCCc1ccc(N(c2ccc(N(c3ccc(CCCC)cc3)S(=O)(=O)Cl)c3c2C(=O)c2ccccc2C3=O)S(=O)(=O)Cl)cc1. The molecule has 5 rings (SSSR count). The van der Waals surface area contributed by atoms with Gasteiger partial charge in [-0.3, -0.25) is 9.59 Å². The van der Waals surface area contributed by atoms with Crippen LogP contribution in [0.25, 0.3) is 0 Å². The summed E-state index contributed by atoms with van der Waals surface area (Å²) in [5, 5.41) is 0. The molecule has 0 saturated heterocycles. The van der Waals surface area contributed by atoms with Gasteiger partial charge in [0.1, 0.15) is 0 Å². The van der Waals surface area contributed by atoms with Gasteiger partial charge in [-0.2, -0.15) is 16.8 Å². The fourth-order valence-corrected chi connectivity index (χ4v) is 8.10. The molecule has 4 aromatic rings. The normalized spacial score (nSPS) is 12.9. The highest BCUT2D eigenvalue weighted by Gasteiger charge is 2.40. The minimum absolute atomic E-state index is 0.0424. The van der Waals surface area contributed by atoms with Gasteiger partial charge < -0.3 is 0 Å². The third-order valence-electron chi connectivity index (χ3n) is 7.89. The second kappa shape index (κ2) is 13.6. The van der Waals surface area contributed by atoms with Gasteiger partial charge in [-0.05, 0) is 73.2 Å². The van der Waals surface area contributed by atoms with Gasteiger partial charge in [0, 0.05) is 32.5 Å². The van der Waals surface area contributed by atoms with Crippen LogP contribution in [0.2, 0.25) is 0 Å². The Hall–Kier alpha value is -3.70.